The minimum atomic E-state index is -3.85. The van der Waals surface area contributed by atoms with Gasteiger partial charge in [-0.1, -0.05) is 28.9 Å². The molecule has 1 aliphatic rings. The fraction of sp³-hybridized carbons (Fsp3) is 0.381. The van der Waals surface area contributed by atoms with Crippen molar-refractivity contribution in [3.8, 4) is 0 Å². The molecular formula is C21H24ClN5O3S. The topological polar surface area (TPSA) is 97.2 Å². The number of aromatic nitrogens is 3. The molecular weight excluding hydrogens is 438 g/mol. The molecule has 0 aliphatic carbocycles. The van der Waals surface area contributed by atoms with E-state index in [0.29, 0.717) is 36.5 Å². The minimum absolute atomic E-state index is 0.111. The largest absolute Gasteiger partial charge is 0.351 e. The van der Waals surface area contributed by atoms with Gasteiger partial charge in [-0.25, -0.2) is 13.1 Å². The summed E-state index contributed by atoms with van der Waals surface area (Å²) in [5, 5.41) is 11.7. The van der Waals surface area contributed by atoms with Crippen molar-refractivity contribution in [3.05, 3.63) is 53.1 Å². The molecule has 8 nitrogen and oxygen atoms in total. The second kappa shape index (κ2) is 8.57. The first-order valence-electron chi connectivity index (χ1n) is 10.2. The third-order valence-electron chi connectivity index (χ3n) is 5.42. The smallest absolute Gasteiger partial charge is 0.243 e. The summed E-state index contributed by atoms with van der Waals surface area (Å²) in [5.41, 5.74) is 2.18. The van der Waals surface area contributed by atoms with Gasteiger partial charge in [-0.05, 0) is 62.6 Å². The van der Waals surface area contributed by atoms with Crippen LogP contribution in [0.25, 0.3) is 11.0 Å². The van der Waals surface area contributed by atoms with E-state index in [4.69, 9.17) is 11.6 Å². The maximum atomic E-state index is 13.3. The van der Waals surface area contributed by atoms with Crippen LogP contribution in [0.3, 0.4) is 0 Å². The Kier molecular flexibility index (Phi) is 6.00. The molecule has 164 valence electrons. The Morgan fingerprint density at radius 3 is 2.68 bits per heavy atom. The number of nitrogens with one attached hydrogen (secondary N) is 1. The maximum Gasteiger partial charge on any atom is 0.243 e. The van der Waals surface area contributed by atoms with Gasteiger partial charge in [-0.3, -0.25) is 4.79 Å². The lowest BCUT2D eigenvalue weighted by molar-refractivity contribution is -0.124. The number of benzene rings is 2. The van der Waals surface area contributed by atoms with Crippen LogP contribution in [0, 0.1) is 0 Å². The third-order valence-corrected chi connectivity index (χ3v) is 7.58. The summed E-state index contributed by atoms with van der Waals surface area (Å²) < 4.78 is 29.7. The van der Waals surface area contributed by atoms with Crippen LogP contribution in [0.15, 0.2) is 47.4 Å². The van der Waals surface area contributed by atoms with E-state index in [1.807, 2.05) is 26.0 Å². The molecule has 1 N–H and O–H groups in total. The van der Waals surface area contributed by atoms with E-state index in [9.17, 15) is 13.2 Å². The number of carbonyl (C=O) groups excluding carboxylic acids is 1. The van der Waals surface area contributed by atoms with Gasteiger partial charge in [0.2, 0.25) is 15.9 Å². The molecule has 3 aromatic rings. The van der Waals surface area contributed by atoms with E-state index in [2.05, 4.69) is 15.6 Å². The average Bonchev–Trinajstić information content (AvgIpc) is 3.40. The summed E-state index contributed by atoms with van der Waals surface area (Å²) in [6, 6.07) is 11.3. The number of hydrogen-bond acceptors (Lipinski definition) is 5. The van der Waals surface area contributed by atoms with Crippen molar-refractivity contribution < 1.29 is 13.2 Å². The molecule has 0 radical (unpaired) electrons. The van der Waals surface area contributed by atoms with Crippen LogP contribution < -0.4 is 5.32 Å². The highest BCUT2D eigenvalue weighted by atomic mass is 35.5. The molecule has 4 rings (SSSR count). The lowest BCUT2D eigenvalue weighted by atomic mass is 10.2. The number of sulfonamides is 1. The highest BCUT2D eigenvalue weighted by Gasteiger charge is 2.39. The van der Waals surface area contributed by atoms with Gasteiger partial charge >= 0.3 is 0 Å². The molecule has 10 heteroatoms. The van der Waals surface area contributed by atoms with Crippen LogP contribution in [0.4, 0.5) is 0 Å². The second-order valence-corrected chi connectivity index (χ2v) is 10.2. The first kappa shape index (κ1) is 21.7. The second-order valence-electron chi connectivity index (χ2n) is 7.90. The quantitative estimate of drug-likeness (QED) is 0.608. The van der Waals surface area contributed by atoms with Crippen LogP contribution >= 0.6 is 11.6 Å². The molecule has 2 aromatic carbocycles. The van der Waals surface area contributed by atoms with Crippen LogP contribution in [0.2, 0.25) is 5.02 Å². The summed E-state index contributed by atoms with van der Waals surface area (Å²) in [6.07, 6.45) is 1.11. The molecule has 1 fully saturated rings. The third kappa shape index (κ3) is 4.30. The van der Waals surface area contributed by atoms with Crippen molar-refractivity contribution in [1.82, 2.24) is 24.6 Å². The Labute approximate surface area is 186 Å². The van der Waals surface area contributed by atoms with E-state index in [1.54, 1.807) is 28.9 Å². The maximum absolute atomic E-state index is 13.3. The first-order chi connectivity index (χ1) is 14.8. The number of hydrogen-bond donors (Lipinski definition) is 1. The molecule has 1 aromatic heterocycles. The molecule has 0 spiro atoms. The van der Waals surface area contributed by atoms with E-state index in [1.165, 1.54) is 10.4 Å². The molecule has 1 aliphatic heterocycles. The highest BCUT2D eigenvalue weighted by molar-refractivity contribution is 7.89. The van der Waals surface area contributed by atoms with E-state index in [-0.39, 0.29) is 16.8 Å². The number of amides is 1. The van der Waals surface area contributed by atoms with Crippen LogP contribution in [-0.4, -0.2) is 46.2 Å². The van der Waals surface area contributed by atoms with Gasteiger partial charge in [0.1, 0.15) is 11.6 Å². The standard InChI is InChI=1S/C21H24ClN5O3S/c1-14(2)27-19-10-9-17(12-18(19)24-25-27)31(29,30)26-11-3-4-20(26)21(28)23-13-15-5-7-16(22)8-6-15/h5-10,12,14,20H,3-4,11,13H2,1-2H3,(H,23,28)/t20-/m1/s1. The van der Waals surface area contributed by atoms with Crippen molar-refractivity contribution in [2.75, 3.05) is 6.54 Å². The zero-order valence-corrected chi connectivity index (χ0v) is 18.9. The normalized spacial score (nSPS) is 17.5. The molecule has 0 saturated carbocycles. The highest BCUT2D eigenvalue weighted by Crippen LogP contribution is 2.28. The van der Waals surface area contributed by atoms with E-state index >= 15 is 0 Å². The molecule has 0 unspecified atom stereocenters. The predicted octanol–water partition coefficient (Wildman–Crippen LogP) is 3.14. The van der Waals surface area contributed by atoms with Crippen molar-refractivity contribution >= 4 is 38.6 Å². The molecule has 1 amide bonds. The first-order valence-corrected chi connectivity index (χ1v) is 12.0. The zero-order valence-electron chi connectivity index (χ0n) is 17.3. The molecule has 1 atom stereocenters. The zero-order chi connectivity index (χ0) is 22.2. The van der Waals surface area contributed by atoms with Crippen LogP contribution in [0.1, 0.15) is 38.3 Å². The summed E-state index contributed by atoms with van der Waals surface area (Å²) in [6.45, 7) is 4.58. The SMILES string of the molecule is CC(C)n1nnc2cc(S(=O)(=O)N3CCC[C@@H]3C(=O)NCc3ccc(Cl)cc3)ccc21. The van der Waals surface area contributed by atoms with Crippen LogP contribution in [0.5, 0.6) is 0 Å². The van der Waals surface area contributed by atoms with Crippen molar-refractivity contribution in [2.45, 2.75) is 50.2 Å². The summed E-state index contributed by atoms with van der Waals surface area (Å²) in [5.74, 6) is -0.303. The lowest BCUT2D eigenvalue weighted by Gasteiger charge is -2.23. The Bertz CT molecular complexity index is 1210. The minimum Gasteiger partial charge on any atom is -0.351 e. The number of nitrogens with zero attached hydrogens (tertiary/aromatic N) is 4. The van der Waals surface area contributed by atoms with E-state index in [0.717, 1.165) is 11.1 Å². The Morgan fingerprint density at radius 1 is 1.23 bits per heavy atom. The average molecular weight is 462 g/mol. The number of halogens is 1. The number of fused-ring (bicyclic) bond motifs is 1. The molecule has 0 bridgehead atoms. The number of carbonyl (C=O) groups is 1. The van der Waals surface area contributed by atoms with Gasteiger partial charge in [0, 0.05) is 24.2 Å². The Morgan fingerprint density at radius 2 is 1.97 bits per heavy atom. The fourth-order valence-electron chi connectivity index (χ4n) is 3.80. The van der Waals surface area contributed by atoms with Gasteiger partial charge in [-0.15, -0.1) is 5.10 Å². The Balaban J connectivity index is 1.53. The summed E-state index contributed by atoms with van der Waals surface area (Å²) >= 11 is 5.89. The summed E-state index contributed by atoms with van der Waals surface area (Å²) in [7, 11) is -3.85. The van der Waals surface area contributed by atoms with Crippen molar-refractivity contribution in [2.24, 2.45) is 0 Å². The van der Waals surface area contributed by atoms with E-state index < -0.39 is 16.1 Å². The molecule has 31 heavy (non-hydrogen) atoms. The fourth-order valence-corrected chi connectivity index (χ4v) is 5.60. The van der Waals surface area contributed by atoms with Gasteiger partial charge in [0.15, 0.2) is 0 Å². The van der Waals surface area contributed by atoms with Gasteiger partial charge < -0.3 is 5.32 Å². The summed E-state index contributed by atoms with van der Waals surface area (Å²) in [4.78, 5) is 12.9. The van der Waals surface area contributed by atoms with Gasteiger partial charge in [0.05, 0.1) is 10.4 Å². The number of rotatable bonds is 6. The van der Waals surface area contributed by atoms with Crippen molar-refractivity contribution in [3.63, 3.8) is 0 Å². The van der Waals surface area contributed by atoms with Gasteiger partial charge in [-0.2, -0.15) is 4.31 Å². The van der Waals surface area contributed by atoms with Crippen LogP contribution in [-0.2, 0) is 21.4 Å². The van der Waals surface area contributed by atoms with Gasteiger partial charge in [0.25, 0.3) is 0 Å². The monoisotopic (exact) mass is 461 g/mol. The predicted molar refractivity (Wildman–Crippen MR) is 118 cm³/mol. The lowest BCUT2D eigenvalue weighted by Crippen LogP contribution is -2.45. The van der Waals surface area contributed by atoms with Crippen molar-refractivity contribution in [1.29, 1.82) is 0 Å². The molecule has 2 heterocycles. The molecule has 1 saturated heterocycles. The Hall–Kier alpha value is -2.49.